The number of hydrogen-bond acceptors (Lipinski definition) is 3. The molecule has 1 aromatic carbocycles. The molecule has 5 heteroatoms. The predicted molar refractivity (Wildman–Crippen MR) is 108 cm³/mol. The number of hydrogen-bond donors (Lipinski definition) is 1. The van der Waals surface area contributed by atoms with Crippen molar-refractivity contribution in [3.8, 4) is 11.5 Å². The maximum Gasteiger partial charge on any atom is 0.317 e. The Morgan fingerprint density at radius 2 is 1.82 bits per heavy atom. The van der Waals surface area contributed by atoms with E-state index in [-0.39, 0.29) is 6.03 Å². The van der Waals surface area contributed by atoms with Crippen molar-refractivity contribution in [3.05, 3.63) is 22.8 Å². The average Bonchev–Trinajstić information content (AvgIpc) is 3.38. The summed E-state index contributed by atoms with van der Waals surface area (Å²) in [5.41, 5.74) is 4.09. The number of nitrogens with one attached hydrogen (secondary N) is 1. The molecule has 0 unspecified atom stereocenters. The molecule has 28 heavy (non-hydrogen) atoms. The van der Waals surface area contributed by atoms with Gasteiger partial charge in [-0.15, -0.1) is 0 Å². The summed E-state index contributed by atoms with van der Waals surface area (Å²) in [7, 11) is 0. The van der Waals surface area contributed by atoms with Crippen LogP contribution in [-0.4, -0.2) is 43.3 Å². The van der Waals surface area contributed by atoms with Crippen LogP contribution in [0.4, 0.5) is 4.79 Å². The van der Waals surface area contributed by atoms with Crippen LogP contribution in [0.15, 0.2) is 6.07 Å². The van der Waals surface area contributed by atoms with Gasteiger partial charge in [-0.2, -0.15) is 0 Å². The van der Waals surface area contributed by atoms with E-state index >= 15 is 0 Å². The van der Waals surface area contributed by atoms with Crippen molar-refractivity contribution in [2.45, 2.75) is 70.3 Å². The van der Waals surface area contributed by atoms with Crippen LogP contribution in [0.25, 0.3) is 0 Å². The molecule has 0 radical (unpaired) electrons. The first kappa shape index (κ1) is 18.1. The summed E-state index contributed by atoms with van der Waals surface area (Å²) in [6.45, 7) is 3.34. The molecule has 2 amide bonds. The van der Waals surface area contributed by atoms with Crippen LogP contribution in [0.1, 0.15) is 61.6 Å². The molecule has 4 aliphatic rings. The van der Waals surface area contributed by atoms with Crippen molar-refractivity contribution in [3.63, 3.8) is 0 Å². The first-order valence-corrected chi connectivity index (χ1v) is 11.3. The topological polar surface area (TPSA) is 50.8 Å². The summed E-state index contributed by atoms with van der Waals surface area (Å²) in [6.07, 6.45) is 11.3. The molecule has 3 heterocycles. The van der Waals surface area contributed by atoms with E-state index in [1.165, 1.54) is 36.0 Å². The Morgan fingerprint density at radius 1 is 1.04 bits per heavy atom. The molecular formula is C23H32N2O3. The Hall–Kier alpha value is -1.91. The fraction of sp³-hybridized carbons (Fsp3) is 0.696. The van der Waals surface area contributed by atoms with Crippen LogP contribution in [-0.2, 0) is 19.3 Å². The number of piperidine rings is 1. The van der Waals surface area contributed by atoms with E-state index in [0.29, 0.717) is 12.0 Å². The Morgan fingerprint density at radius 3 is 2.64 bits per heavy atom. The minimum atomic E-state index is 0.156. The zero-order chi connectivity index (χ0) is 18.9. The molecule has 152 valence electrons. The summed E-state index contributed by atoms with van der Waals surface area (Å²) in [5, 5.41) is 3.27. The van der Waals surface area contributed by atoms with Gasteiger partial charge in [-0.05, 0) is 44.1 Å². The number of nitrogens with zero attached hydrogens (tertiary/aromatic N) is 1. The normalized spacial score (nSPS) is 22.4. The largest absolute Gasteiger partial charge is 0.493 e. The lowest BCUT2D eigenvalue weighted by molar-refractivity contribution is 0.164. The highest BCUT2D eigenvalue weighted by atomic mass is 16.5. The molecule has 0 bridgehead atoms. The maximum atomic E-state index is 12.6. The molecule has 1 saturated heterocycles. The van der Waals surface area contributed by atoms with Gasteiger partial charge in [-0.3, -0.25) is 0 Å². The summed E-state index contributed by atoms with van der Waals surface area (Å²) in [4.78, 5) is 14.6. The quantitative estimate of drug-likeness (QED) is 0.861. The monoisotopic (exact) mass is 384 g/mol. The molecule has 1 saturated carbocycles. The van der Waals surface area contributed by atoms with E-state index in [4.69, 9.17) is 9.47 Å². The summed E-state index contributed by atoms with van der Waals surface area (Å²) >= 11 is 0. The second-order valence-electron chi connectivity index (χ2n) is 8.94. The van der Waals surface area contributed by atoms with Gasteiger partial charge in [0.2, 0.25) is 0 Å². The zero-order valence-electron chi connectivity index (χ0n) is 16.8. The van der Waals surface area contributed by atoms with Crippen LogP contribution in [0.5, 0.6) is 11.5 Å². The number of carbonyl (C=O) groups excluding carboxylic acids is 1. The van der Waals surface area contributed by atoms with Crippen molar-refractivity contribution in [2.75, 3.05) is 26.3 Å². The predicted octanol–water partition coefficient (Wildman–Crippen LogP) is 3.85. The lowest BCUT2D eigenvalue weighted by Crippen LogP contribution is -2.48. The average molecular weight is 385 g/mol. The number of carbonyl (C=O) groups is 1. The summed E-state index contributed by atoms with van der Waals surface area (Å²) in [5.74, 6) is 2.85. The second-order valence-corrected chi connectivity index (χ2v) is 8.94. The zero-order valence-corrected chi connectivity index (χ0v) is 16.8. The second kappa shape index (κ2) is 7.84. The van der Waals surface area contributed by atoms with Gasteiger partial charge in [0.15, 0.2) is 0 Å². The van der Waals surface area contributed by atoms with Crippen molar-refractivity contribution in [1.29, 1.82) is 0 Å². The van der Waals surface area contributed by atoms with Crippen molar-refractivity contribution in [1.82, 2.24) is 10.2 Å². The standard InChI is InChI=1S/C23H32N2O3/c26-23(24-18-4-2-1-3-5-18)25-10-6-16(7-11-25)14-20-19-9-13-27-21(19)15-17-8-12-28-22(17)20/h15-16,18H,1-14H2,(H,24,26). The fourth-order valence-electron chi connectivity index (χ4n) is 5.44. The van der Waals surface area contributed by atoms with Crippen LogP contribution < -0.4 is 14.8 Å². The number of fused-ring (bicyclic) bond motifs is 2. The van der Waals surface area contributed by atoms with Gasteiger partial charge in [-0.1, -0.05) is 19.3 Å². The highest BCUT2D eigenvalue weighted by Crippen LogP contribution is 2.42. The lowest BCUT2D eigenvalue weighted by atomic mass is 9.86. The van der Waals surface area contributed by atoms with Gasteiger partial charge in [0.25, 0.3) is 0 Å². The Kier molecular flexibility index (Phi) is 5.08. The SMILES string of the molecule is O=C(NC1CCCCC1)N1CCC(Cc2c3c(cc4c2OCC4)OCC3)CC1. The number of likely N-dealkylation sites (tertiary alicyclic amines) is 1. The minimum absolute atomic E-state index is 0.156. The van der Waals surface area contributed by atoms with E-state index in [9.17, 15) is 4.79 Å². The van der Waals surface area contributed by atoms with Crippen LogP contribution in [0, 0.1) is 5.92 Å². The van der Waals surface area contributed by atoms with Gasteiger partial charge >= 0.3 is 6.03 Å². The first-order chi connectivity index (χ1) is 13.8. The molecule has 5 rings (SSSR count). The van der Waals surface area contributed by atoms with Crippen molar-refractivity contribution in [2.24, 2.45) is 5.92 Å². The molecule has 1 aliphatic carbocycles. The molecule has 0 spiro atoms. The van der Waals surface area contributed by atoms with Gasteiger partial charge in [0.05, 0.1) is 13.2 Å². The third kappa shape index (κ3) is 3.56. The molecule has 0 aromatic heterocycles. The highest BCUT2D eigenvalue weighted by molar-refractivity contribution is 5.74. The first-order valence-electron chi connectivity index (χ1n) is 11.3. The summed E-state index contributed by atoms with van der Waals surface area (Å²) in [6, 6.07) is 2.75. The van der Waals surface area contributed by atoms with Crippen molar-refractivity contribution >= 4 is 6.03 Å². The van der Waals surface area contributed by atoms with Crippen LogP contribution in [0.3, 0.4) is 0 Å². The van der Waals surface area contributed by atoms with Gasteiger partial charge < -0.3 is 19.7 Å². The van der Waals surface area contributed by atoms with Crippen LogP contribution in [0.2, 0.25) is 0 Å². The maximum absolute atomic E-state index is 12.6. The number of amides is 2. The minimum Gasteiger partial charge on any atom is -0.493 e. The Labute approximate surface area is 167 Å². The Bertz CT molecular complexity index is 702. The van der Waals surface area contributed by atoms with E-state index in [1.807, 2.05) is 4.90 Å². The number of ether oxygens (including phenoxy) is 2. The molecule has 1 aromatic rings. The molecule has 0 atom stereocenters. The van der Waals surface area contributed by atoms with E-state index in [0.717, 1.165) is 82.7 Å². The number of benzene rings is 1. The summed E-state index contributed by atoms with van der Waals surface area (Å²) < 4.78 is 11.9. The molecule has 5 nitrogen and oxygen atoms in total. The third-order valence-corrected chi connectivity index (χ3v) is 7.09. The van der Waals surface area contributed by atoms with Gasteiger partial charge in [0.1, 0.15) is 11.5 Å². The molecular weight excluding hydrogens is 352 g/mol. The van der Waals surface area contributed by atoms with Crippen molar-refractivity contribution < 1.29 is 14.3 Å². The Balaban J connectivity index is 1.20. The van der Waals surface area contributed by atoms with E-state index in [2.05, 4.69) is 11.4 Å². The van der Waals surface area contributed by atoms with Gasteiger partial charge in [-0.25, -0.2) is 4.79 Å². The number of urea groups is 1. The fourth-order valence-corrected chi connectivity index (χ4v) is 5.44. The van der Waals surface area contributed by atoms with Crippen LogP contribution >= 0.6 is 0 Å². The lowest BCUT2D eigenvalue weighted by Gasteiger charge is -2.34. The van der Waals surface area contributed by atoms with Gasteiger partial charge in [0, 0.05) is 48.7 Å². The van der Waals surface area contributed by atoms with E-state index in [1.54, 1.807) is 0 Å². The third-order valence-electron chi connectivity index (χ3n) is 7.09. The molecule has 1 N–H and O–H groups in total. The molecule has 3 aliphatic heterocycles. The smallest absolute Gasteiger partial charge is 0.317 e. The highest BCUT2D eigenvalue weighted by Gasteiger charge is 2.30. The molecule has 2 fully saturated rings. The van der Waals surface area contributed by atoms with E-state index < -0.39 is 0 Å². The number of rotatable bonds is 3.